The van der Waals surface area contributed by atoms with Crippen molar-refractivity contribution in [2.45, 2.75) is 0 Å². The molecule has 0 nitrogen and oxygen atoms in total. The molecule has 0 heterocycles. The molecule has 0 aliphatic rings. The Labute approximate surface area is 103 Å². The molecule has 0 amide bonds. The molecule has 0 atom stereocenters. The monoisotopic (exact) mass is 362 g/mol. The molecule has 0 N–H and O–H groups in total. The third-order valence-electron chi connectivity index (χ3n) is 1.79. The van der Waals surface area contributed by atoms with Crippen LogP contribution in [-0.4, -0.2) is 4.23 Å². The first kappa shape index (κ1) is 12.0. The van der Waals surface area contributed by atoms with Crippen LogP contribution in [-0.2, 0) is 20.6 Å². The number of benzene rings is 2. The fourth-order valence-electron chi connectivity index (χ4n) is 1.02. The van der Waals surface area contributed by atoms with Crippen LogP contribution >= 0.6 is 0 Å². The van der Waals surface area contributed by atoms with Crippen molar-refractivity contribution in [1.29, 1.82) is 0 Å². The normalized spacial score (nSPS) is 8.47. The summed E-state index contributed by atoms with van der Waals surface area (Å²) in [6.07, 6.45) is 0. The van der Waals surface area contributed by atoms with Gasteiger partial charge < -0.3 is 0 Å². The number of rotatable bonds is 1. The van der Waals surface area contributed by atoms with Gasteiger partial charge in [0, 0.05) is 0 Å². The molecule has 0 fully saturated rings. The van der Waals surface area contributed by atoms with Crippen molar-refractivity contribution in [3.8, 4) is 0 Å². The molecule has 1 heteroatoms. The van der Waals surface area contributed by atoms with Crippen LogP contribution in [0.5, 0.6) is 0 Å². The van der Waals surface area contributed by atoms with E-state index in [1.165, 1.54) is 26.2 Å². The molecule has 2 rings (SSSR count). The van der Waals surface area contributed by atoms with E-state index in [4.69, 9.17) is 0 Å². The maximum atomic E-state index is 3.72. The van der Waals surface area contributed by atoms with Crippen LogP contribution < -0.4 is 0 Å². The molecule has 0 unspecified atom stereocenters. The van der Waals surface area contributed by atoms with Crippen molar-refractivity contribution in [3.63, 3.8) is 0 Å². The van der Waals surface area contributed by atoms with Crippen molar-refractivity contribution in [2.24, 2.45) is 0 Å². The summed E-state index contributed by atoms with van der Waals surface area (Å²) in [6.45, 7) is 3.72. The maximum absolute atomic E-state index is 3.72. The molecule has 0 spiro atoms. The summed E-state index contributed by atoms with van der Waals surface area (Å²) in [6, 6.07) is 20.2. The zero-order valence-electron chi connectivity index (χ0n) is 8.51. The Balaban J connectivity index is 0.000000151. The SMILES string of the molecule is [CH2-]c1ccccc1.[Ta]=[CH]c1ccccc1. The van der Waals surface area contributed by atoms with Gasteiger partial charge in [0.25, 0.3) is 0 Å². The van der Waals surface area contributed by atoms with Crippen molar-refractivity contribution >= 4 is 4.23 Å². The van der Waals surface area contributed by atoms with E-state index in [1.807, 2.05) is 36.4 Å². The van der Waals surface area contributed by atoms with Crippen LogP contribution in [0.4, 0.5) is 0 Å². The molecule has 0 saturated carbocycles. The fraction of sp³-hybridized carbons (Fsp3) is 0. The van der Waals surface area contributed by atoms with Gasteiger partial charge in [-0.05, 0) is 0 Å². The molecule has 2 aromatic carbocycles. The Morgan fingerprint density at radius 1 is 0.800 bits per heavy atom. The Morgan fingerprint density at radius 2 is 1.27 bits per heavy atom. The van der Waals surface area contributed by atoms with Crippen LogP contribution in [0.2, 0.25) is 0 Å². The standard InChI is InChI=1S/C7H7.C7H6.Ta/c2*1-7-5-3-2-4-6-7;/h2-6H,1H2;1-6H;/q-1;;. The summed E-state index contributed by atoms with van der Waals surface area (Å²) in [5, 5.41) is 0. The Kier molecular flexibility index (Phi) is 5.79. The van der Waals surface area contributed by atoms with E-state index in [9.17, 15) is 0 Å². The summed E-state index contributed by atoms with van der Waals surface area (Å²) >= 11 is 1.33. The van der Waals surface area contributed by atoms with E-state index in [0.29, 0.717) is 0 Å². The van der Waals surface area contributed by atoms with Crippen LogP contribution in [0.15, 0.2) is 60.7 Å². The molecule has 2 aromatic rings. The zero-order valence-corrected chi connectivity index (χ0v) is 11.7. The van der Waals surface area contributed by atoms with Gasteiger partial charge in [-0.15, -0.1) is 12.1 Å². The molecular formula is C14H13Ta-. The van der Waals surface area contributed by atoms with E-state index < -0.39 is 0 Å². The van der Waals surface area contributed by atoms with Gasteiger partial charge in [-0.25, -0.2) is 0 Å². The predicted molar refractivity (Wildman–Crippen MR) is 62.5 cm³/mol. The average molecular weight is 362 g/mol. The van der Waals surface area contributed by atoms with Gasteiger partial charge in [-0.2, -0.15) is 24.6 Å². The van der Waals surface area contributed by atoms with Gasteiger partial charge >= 0.3 is 60.7 Å². The van der Waals surface area contributed by atoms with Gasteiger partial charge in [0.2, 0.25) is 0 Å². The van der Waals surface area contributed by atoms with E-state index in [0.717, 1.165) is 5.56 Å². The summed E-state index contributed by atoms with van der Waals surface area (Å²) < 4.78 is 2.19. The van der Waals surface area contributed by atoms with Crippen molar-refractivity contribution in [3.05, 3.63) is 78.7 Å². The predicted octanol–water partition coefficient (Wildman–Crippen LogP) is 3.25. The summed E-state index contributed by atoms with van der Waals surface area (Å²) in [5.74, 6) is 0. The van der Waals surface area contributed by atoms with Crippen LogP contribution in [0.3, 0.4) is 0 Å². The van der Waals surface area contributed by atoms with Gasteiger partial charge in [0.15, 0.2) is 0 Å². The number of hydrogen-bond acceptors (Lipinski definition) is 0. The second-order valence-electron chi connectivity index (χ2n) is 3.03. The summed E-state index contributed by atoms with van der Waals surface area (Å²) in [5.41, 5.74) is 2.41. The van der Waals surface area contributed by atoms with Gasteiger partial charge in [-0.3, -0.25) is 0 Å². The third kappa shape index (κ3) is 5.38. The summed E-state index contributed by atoms with van der Waals surface area (Å²) in [7, 11) is 0. The molecule has 0 aliphatic carbocycles. The molecule has 0 aromatic heterocycles. The Morgan fingerprint density at radius 3 is 1.53 bits per heavy atom. The van der Waals surface area contributed by atoms with E-state index >= 15 is 0 Å². The van der Waals surface area contributed by atoms with Gasteiger partial charge in [-0.1, -0.05) is 6.07 Å². The first-order valence-corrected chi connectivity index (χ1v) is 6.58. The minimum atomic E-state index is 1.07. The minimum absolute atomic E-state index is 1.07. The van der Waals surface area contributed by atoms with Crippen LogP contribution in [0.25, 0.3) is 0 Å². The van der Waals surface area contributed by atoms with Crippen LogP contribution in [0.1, 0.15) is 11.1 Å². The average Bonchev–Trinajstić information content (AvgIpc) is 2.32. The van der Waals surface area contributed by atoms with E-state index in [2.05, 4.69) is 35.4 Å². The molecule has 75 valence electrons. The molecule has 0 radical (unpaired) electrons. The third-order valence-corrected chi connectivity index (χ3v) is 2.86. The van der Waals surface area contributed by atoms with E-state index in [1.54, 1.807) is 0 Å². The first-order valence-electron chi connectivity index (χ1n) is 4.72. The van der Waals surface area contributed by atoms with Crippen LogP contribution in [0, 0.1) is 6.92 Å². The topological polar surface area (TPSA) is 0 Å². The molecular weight excluding hydrogens is 349 g/mol. The van der Waals surface area contributed by atoms with Crippen molar-refractivity contribution in [1.82, 2.24) is 0 Å². The zero-order chi connectivity index (χ0) is 10.9. The van der Waals surface area contributed by atoms with Crippen molar-refractivity contribution in [2.75, 3.05) is 0 Å². The molecule has 0 saturated heterocycles. The second kappa shape index (κ2) is 7.24. The van der Waals surface area contributed by atoms with Gasteiger partial charge in [0.05, 0.1) is 0 Å². The van der Waals surface area contributed by atoms with E-state index in [-0.39, 0.29) is 0 Å². The Bertz CT molecular complexity index is 379. The van der Waals surface area contributed by atoms with Crippen molar-refractivity contribution < 1.29 is 20.6 Å². The van der Waals surface area contributed by atoms with Gasteiger partial charge in [0.1, 0.15) is 0 Å². The molecule has 0 bridgehead atoms. The second-order valence-corrected chi connectivity index (χ2v) is 3.95. The quantitative estimate of drug-likeness (QED) is 0.684. The molecule has 15 heavy (non-hydrogen) atoms. The fourth-order valence-corrected chi connectivity index (χ4v) is 1.64. The number of hydrogen-bond donors (Lipinski definition) is 0. The molecule has 0 aliphatic heterocycles. The Hall–Kier alpha value is -1.08. The summed E-state index contributed by atoms with van der Waals surface area (Å²) in [4.78, 5) is 0. The first-order chi connectivity index (χ1) is 7.33.